The second kappa shape index (κ2) is 6.04. The number of carbonyl (C=O) groups is 3. The second-order valence-electron chi connectivity index (χ2n) is 6.49. The van der Waals surface area contributed by atoms with Gasteiger partial charge in [-0.2, -0.15) is 0 Å². The highest BCUT2D eigenvalue weighted by Crippen LogP contribution is 2.42. The van der Waals surface area contributed by atoms with Crippen molar-refractivity contribution in [1.29, 1.82) is 0 Å². The molecule has 2 unspecified atom stereocenters. The molecule has 22 heavy (non-hydrogen) atoms. The highest BCUT2D eigenvalue weighted by Gasteiger charge is 2.56. The molecule has 2 aliphatic heterocycles. The molecule has 0 aromatic rings. The summed E-state index contributed by atoms with van der Waals surface area (Å²) in [5.74, 6) is -0.202. The van der Waals surface area contributed by atoms with E-state index >= 15 is 0 Å². The number of hydrogen-bond acceptors (Lipinski definition) is 4. The van der Waals surface area contributed by atoms with E-state index < -0.39 is 11.6 Å². The monoisotopic (exact) mass is 330 g/mol. The average Bonchev–Trinajstić information content (AvgIpc) is 3.25. The normalized spacial score (nSPS) is 31.8. The van der Waals surface area contributed by atoms with Crippen molar-refractivity contribution in [2.75, 3.05) is 26.2 Å². The molecule has 3 fully saturated rings. The Labute approximate surface area is 136 Å². The smallest absolute Gasteiger partial charge is 0.325 e. The van der Waals surface area contributed by atoms with E-state index in [1.54, 1.807) is 11.8 Å². The van der Waals surface area contributed by atoms with Gasteiger partial charge in [0.2, 0.25) is 5.91 Å². The predicted molar refractivity (Wildman–Crippen MR) is 82.7 cm³/mol. The summed E-state index contributed by atoms with van der Waals surface area (Å²) >= 11 is 0. The molecule has 2 heterocycles. The van der Waals surface area contributed by atoms with Crippen LogP contribution in [0.5, 0.6) is 0 Å². The number of imide groups is 1. The Balaban J connectivity index is 0.00000176. The fraction of sp³-hybridized carbons (Fsp3) is 0.786. The van der Waals surface area contributed by atoms with E-state index in [1.807, 2.05) is 6.92 Å². The minimum absolute atomic E-state index is 0. The van der Waals surface area contributed by atoms with Crippen molar-refractivity contribution in [2.24, 2.45) is 5.92 Å². The number of rotatable bonds is 3. The zero-order chi connectivity index (χ0) is 15.2. The predicted octanol–water partition coefficient (Wildman–Crippen LogP) is -0.0510. The van der Waals surface area contributed by atoms with Gasteiger partial charge in [-0.1, -0.05) is 0 Å². The molecule has 4 amide bonds. The number of nitrogens with zero attached hydrogens (tertiary/aromatic N) is 2. The van der Waals surface area contributed by atoms with Gasteiger partial charge in [0.15, 0.2) is 0 Å². The fourth-order valence-corrected chi connectivity index (χ4v) is 3.19. The number of amides is 4. The maximum absolute atomic E-state index is 12.5. The van der Waals surface area contributed by atoms with E-state index in [1.165, 1.54) is 0 Å². The highest BCUT2D eigenvalue weighted by molar-refractivity contribution is 6.09. The highest BCUT2D eigenvalue weighted by atomic mass is 35.5. The lowest BCUT2D eigenvalue weighted by molar-refractivity contribution is -0.139. The van der Waals surface area contributed by atoms with Crippen LogP contribution in [0.4, 0.5) is 4.79 Å². The van der Waals surface area contributed by atoms with E-state index in [0.29, 0.717) is 13.1 Å². The van der Waals surface area contributed by atoms with Crippen molar-refractivity contribution in [1.82, 2.24) is 20.4 Å². The van der Waals surface area contributed by atoms with Crippen LogP contribution in [0.3, 0.4) is 0 Å². The van der Waals surface area contributed by atoms with E-state index in [9.17, 15) is 14.4 Å². The summed E-state index contributed by atoms with van der Waals surface area (Å²) in [7, 11) is 0. The Hall–Kier alpha value is -1.34. The molecular formula is C14H23ClN4O3. The molecule has 1 aliphatic carbocycles. The fourth-order valence-electron chi connectivity index (χ4n) is 3.19. The van der Waals surface area contributed by atoms with Crippen LogP contribution >= 0.6 is 12.4 Å². The minimum Gasteiger partial charge on any atom is -0.338 e. The molecular weight excluding hydrogens is 308 g/mol. The molecule has 2 saturated heterocycles. The van der Waals surface area contributed by atoms with Gasteiger partial charge in [-0.05, 0) is 32.6 Å². The molecule has 0 spiro atoms. The quantitative estimate of drug-likeness (QED) is 0.711. The van der Waals surface area contributed by atoms with Crippen molar-refractivity contribution in [3.8, 4) is 0 Å². The first-order valence-electron chi connectivity index (χ1n) is 7.57. The maximum atomic E-state index is 12.5. The first-order valence-corrected chi connectivity index (χ1v) is 7.57. The number of hydrogen-bond donors (Lipinski definition) is 2. The van der Waals surface area contributed by atoms with E-state index in [4.69, 9.17) is 0 Å². The van der Waals surface area contributed by atoms with Gasteiger partial charge < -0.3 is 15.5 Å². The first kappa shape index (κ1) is 17.0. The Bertz CT molecular complexity index is 496. The SMILES string of the molecule is CC1CN(C(=O)CN2C(=O)NC(C)(C3CC3)C2=O)CCN1.Cl. The molecule has 1 saturated carbocycles. The summed E-state index contributed by atoms with van der Waals surface area (Å²) in [5.41, 5.74) is -0.811. The van der Waals surface area contributed by atoms with Crippen LogP contribution in [-0.4, -0.2) is 65.4 Å². The first-order chi connectivity index (χ1) is 9.91. The van der Waals surface area contributed by atoms with Crippen LogP contribution in [0.2, 0.25) is 0 Å². The lowest BCUT2D eigenvalue weighted by Crippen LogP contribution is -2.54. The van der Waals surface area contributed by atoms with Crippen LogP contribution in [0.15, 0.2) is 0 Å². The van der Waals surface area contributed by atoms with E-state index in [0.717, 1.165) is 24.3 Å². The molecule has 3 aliphatic rings. The third kappa shape index (κ3) is 2.92. The summed E-state index contributed by atoms with van der Waals surface area (Å²) < 4.78 is 0. The van der Waals surface area contributed by atoms with Gasteiger partial charge in [-0.25, -0.2) is 4.79 Å². The lowest BCUT2D eigenvalue weighted by Gasteiger charge is -2.32. The standard InChI is InChI=1S/C14H22N4O3.ClH/c1-9-7-17(6-5-15-9)11(19)8-18-12(20)14(2,10-3-4-10)16-13(18)21;/h9-10,15H,3-8H2,1-2H3,(H,16,21);1H. The zero-order valence-electron chi connectivity index (χ0n) is 12.9. The van der Waals surface area contributed by atoms with Crippen molar-refractivity contribution < 1.29 is 14.4 Å². The minimum atomic E-state index is -0.811. The van der Waals surface area contributed by atoms with Crippen molar-refractivity contribution in [3.63, 3.8) is 0 Å². The second-order valence-corrected chi connectivity index (χ2v) is 6.49. The molecule has 8 heteroatoms. The largest absolute Gasteiger partial charge is 0.338 e. The van der Waals surface area contributed by atoms with E-state index in [-0.39, 0.29) is 42.7 Å². The Morgan fingerprint density at radius 3 is 2.64 bits per heavy atom. The molecule has 0 radical (unpaired) electrons. The summed E-state index contributed by atoms with van der Waals surface area (Å²) in [6, 6.07) is -0.200. The topological polar surface area (TPSA) is 81.8 Å². The van der Waals surface area contributed by atoms with Gasteiger partial charge in [0.25, 0.3) is 5.91 Å². The summed E-state index contributed by atoms with van der Waals surface area (Å²) in [5, 5.41) is 6.02. The van der Waals surface area contributed by atoms with Crippen LogP contribution in [-0.2, 0) is 9.59 Å². The van der Waals surface area contributed by atoms with Crippen LogP contribution in [0.1, 0.15) is 26.7 Å². The molecule has 0 bridgehead atoms. The van der Waals surface area contributed by atoms with Crippen molar-refractivity contribution in [2.45, 2.75) is 38.3 Å². The number of nitrogens with one attached hydrogen (secondary N) is 2. The maximum Gasteiger partial charge on any atom is 0.325 e. The Kier molecular flexibility index (Phi) is 4.67. The van der Waals surface area contributed by atoms with Gasteiger partial charge in [-0.3, -0.25) is 14.5 Å². The van der Waals surface area contributed by atoms with Gasteiger partial charge in [0.1, 0.15) is 12.1 Å². The Morgan fingerprint density at radius 2 is 2.05 bits per heavy atom. The van der Waals surface area contributed by atoms with E-state index in [2.05, 4.69) is 10.6 Å². The molecule has 124 valence electrons. The average molecular weight is 331 g/mol. The zero-order valence-corrected chi connectivity index (χ0v) is 13.7. The molecule has 3 rings (SSSR count). The summed E-state index contributed by atoms with van der Waals surface area (Å²) in [6.45, 7) is 5.60. The molecule has 2 atom stereocenters. The third-order valence-electron chi connectivity index (χ3n) is 4.71. The molecule has 0 aromatic heterocycles. The van der Waals surface area contributed by atoms with Gasteiger partial charge >= 0.3 is 6.03 Å². The van der Waals surface area contributed by atoms with Gasteiger partial charge in [0, 0.05) is 25.7 Å². The number of carbonyl (C=O) groups excluding carboxylic acids is 3. The lowest BCUT2D eigenvalue weighted by atomic mass is 9.96. The molecule has 2 N–H and O–H groups in total. The molecule has 0 aromatic carbocycles. The van der Waals surface area contributed by atoms with Gasteiger partial charge in [-0.15, -0.1) is 12.4 Å². The number of piperazine rings is 1. The van der Waals surface area contributed by atoms with Crippen molar-refractivity contribution >= 4 is 30.3 Å². The van der Waals surface area contributed by atoms with Crippen LogP contribution in [0.25, 0.3) is 0 Å². The summed E-state index contributed by atoms with van der Waals surface area (Å²) in [6.07, 6.45) is 1.92. The molecule has 7 nitrogen and oxygen atoms in total. The summed E-state index contributed by atoms with van der Waals surface area (Å²) in [4.78, 5) is 39.6. The van der Waals surface area contributed by atoms with Gasteiger partial charge in [0.05, 0.1) is 0 Å². The van der Waals surface area contributed by atoms with Crippen molar-refractivity contribution in [3.05, 3.63) is 0 Å². The Morgan fingerprint density at radius 1 is 1.36 bits per heavy atom. The third-order valence-corrected chi connectivity index (χ3v) is 4.71. The van der Waals surface area contributed by atoms with Crippen LogP contribution < -0.4 is 10.6 Å². The number of urea groups is 1. The van der Waals surface area contributed by atoms with Crippen LogP contribution in [0, 0.1) is 5.92 Å². The number of halogens is 1.